The van der Waals surface area contributed by atoms with Crippen LogP contribution in [0.4, 0.5) is 0 Å². The van der Waals surface area contributed by atoms with E-state index in [9.17, 15) is 4.79 Å². The maximum absolute atomic E-state index is 12.9. The Labute approximate surface area is 136 Å². The third kappa shape index (κ3) is 2.94. The van der Waals surface area contributed by atoms with Crippen molar-refractivity contribution in [1.29, 1.82) is 0 Å². The molecule has 6 nitrogen and oxygen atoms in total. The van der Waals surface area contributed by atoms with Crippen LogP contribution in [0.1, 0.15) is 16.8 Å². The van der Waals surface area contributed by atoms with Gasteiger partial charge in [0.1, 0.15) is 11.4 Å². The van der Waals surface area contributed by atoms with E-state index in [1.165, 1.54) is 0 Å². The first kappa shape index (κ1) is 15.6. The average molecular weight is 314 g/mol. The van der Waals surface area contributed by atoms with Gasteiger partial charge in [-0.25, -0.2) is 0 Å². The molecule has 122 valence electrons. The Hall–Kier alpha value is -2.34. The SMILES string of the molecule is COc1ccccc1-c1nn(C)cc1C(=O)N(C)[C@H]1CCNC1. The lowest BCUT2D eigenvalue weighted by Gasteiger charge is -2.23. The van der Waals surface area contributed by atoms with Gasteiger partial charge in [0.15, 0.2) is 0 Å². The number of ether oxygens (including phenoxy) is 1. The lowest BCUT2D eigenvalue weighted by molar-refractivity contribution is 0.0744. The van der Waals surface area contributed by atoms with Crippen molar-refractivity contribution in [1.82, 2.24) is 20.0 Å². The second-order valence-corrected chi connectivity index (χ2v) is 5.83. The van der Waals surface area contributed by atoms with Gasteiger partial charge in [-0.3, -0.25) is 9.48 Å². The molecule has 3 rings (SSSR count). The molecule has 1 fully saturated rings. The molecular formula is C17H22N4O2. The molecule has 1 amide bonds. The maximum atomic E-state index is 12.9. The summed E-state index contributed by atoms with van der Waals surface area (Å²) in [4.78, 5) is 14.8. The van der Waals surface area contributed by atoms with Crippen LogP contribution in [0.15, 0.2) is 30.5 Å². The van der Waals surface area contributed by atoms with Gasteiger partial charge in [0.25, 0.3) is 5.91 Å². The number of carbonyl (C=O) groups is 1. The third-order valence-electron chi connectivity index (χ3n) is 4.32. The molecule has 1 aliphatic heterocycles. The number of nitrogens with zero attached hydrogens (tertiary/aromatic N) is 3. The van der Waals surface area contributed by atoms with E-state index in [1.54, 1.807) is 18.0 Å². The molecule has 1 N–H and O–H groups in total. The highest BCUT2D eigenvalue weighted by atomic mass is 16.5. The maximum Gasteiger partial charge on any atom is 0.257 e. The van der Waals surface area contributed by atoms with E-state index < -0.39 is 0 Å². The number of rotatable bonds is 4. The molecule has 23 heavy (non-hydrogen) atoms. The van der Waals surface area contributed by atoms with Crippen LogP contribution in [0.3, 0.4) is 0 Å². The highest BCUT2D eigenvalue weighted by Gasteiger charge is 2.28. The fraction of sp³-hybridized carbons (Fsp3) is 0.412. The molecule has 0 aliphatic carbocycles. The van der Waals surface area contributed by atoms with Crippen molar-refractivity contribution >= 4 is 5.91 Å². The summed E-state index contributed by atoms with van der Waals surface area (Å²) in [5.74, 6) is 0.707. The highest BCUT2D eigenvalue weighted by molar-refractivity contribution is 6.00. The number of aryl methyl sites for hydroxylation is 1. The zero-order valence-electron chi connectivity index (χ0n) is 13.7. The Balaban J connectivity index is 1.99. The van der Waals surface area contributed by atoms with Crippen LogP contribution in [0.25, 0.3) is 11.3 Å². The number of methoxy groups -OCH3 is 1. The van der Waals surface area contributed by atoms with Gasteiger partial charge in [0, 0.05) is 38.4 Å². The molecule has 2 aromatic rings. The van der Waals surface area contributed by atoms with Crippen LogP contribution in [0, 0.1) is 0 Å². The predicted octanol–water partition coefficient (Wildman–Crippen LogP) is 1.53. The Morgan fingerprint density at radius 3 is 2.91 bits per heavy atom. The number of carbonyl (C=O) groups excluding carboxylic acids is 1. The van der Waals surface area contributed by atoms with Crippen LogP contribution < -0.4 is 10.1 Å². The summed E-state index contributed by atoms with van der Waals surface area (Å²) >= 11 is 0. The number of aromatic nitrogens is 2. The Bertz CT molecular complexity index is 704. The standard InChI is InChI=1S/C17H22N4O2/c1-20-11-14(17(22)21(2)12-8-9-18-10-12)16(19-20)13-6-4-5-7-15(13)23-3/h4-7,11-12,18H,8-10H2,1-3H3/t12-/m0/s1. The van der Waals surface area contributed by atoms with Crippen molar-refractivity contribution in [3.8, 4) is 17.0 Å². The molecule has 0 unspecified atom stereocenters. The Kier molecular flexibility index (Phi) is 4.34. The summed E-state index contributed by atoms with van der Waals surface area (Å²) in [6, 6.07) is 7.86. The summed E-state index contributed by atoms with van der Waals surface area (Å²) < 4.78 is 7.10. The van der Waals surface area contributed by atoms with Crippen LogP contribution >= 0.6 is 0 Å². The minimum absolute atomic E-state index is 0.00675. The summed E-state index contributed by atoms with van der Waals surface area (Å²) in [6.45, 7) is 1.79. The fourth-order valence-corrected chi connectivity index (χ4v) is 3.01. The molecule has 0 saturated carbocycles. The Morgan fingerprint density at radius 1 is 1.43 bits per heavy atom. The van der Waals surface area contributed by atoms with E-state index in [0.717, 1.165) is 25.1 Å². The van der Waals surface area contributed by atoms with Gasteiger partial charge in [-0.1, -0.05) is 12.1 Å². The number of para-hydroxylation sites is 1. The number of hydrogen-bond donors (Lipinski definition) is 1. The van der Waals surface area contributed by atoms with Gasteiger partial charge in [-0.15, -0.1) is 0 Å². The topological polar surface area (TPSA) is 59.4 Å². The molecule has 0 bridgehead atoms. The normalized spacial score (nSPS) is 17.3. The molecule has 0 spiro atoms. The van der Waals surface area contributed by atoms with Gasteiger partial charge in [-0.05, 0) is 25.1 Å². The van der Waals surface area contributed by atoms with Crippen LogP contribution in [-0.2, 0) is 7.05 Å². The number of amides is 1. The van der Waals surface area contributed by atoms with Gasteiger partial charge in [0.05, 0.1) is 12.7 Å². The fourth-order valence-electron chi connectivity index (χ4n) is 3.01. The predicted molar refractivity (Wildman–Crippen MR) is 88.6 cm³/mol. The summed E-state index contributed by atoms with van der Waals surface area (Å²) in [6.07, 6.45) is 2.76. The smallest absolute Gasteiger partial charge is 0.257 e. The van der Waals surface area contributed by atoms with Crippen LogP contribution in [0.5, 0.6) is 5.75 Å². The van der Waals surface area contributed by atoms with Crippen molar-refractivity contribution < 1.29 is 9.53 Å². The van der Waals surface area contributed by atoms with Gasteiger partial charge >= 0.3 is 0 Å². The minimum atomic E-state index is -0.00675. The summed E-state index contributed by atoms with van der Waals surface area (Å²) in [7, 11) is 5.31. The van der Waals surface area contributed by atoms with Crippen molar-refractivity contribution in [2.75, 3.05) is 27.2 Å². The van der Waals surface area contributed by atoms with E-state index in [4.69, 9.17) is 4.74 Å². The average Bonchev–Trinajstić information content (AvgIpc) is 3.23. The molecule has 1 saturated heterocycles. The molecule has 1 aromatic carbocycles. The quantitative estimate of drug-likeness (QED) is 0.930. The molecule has 1 aliphatic rings. The second-order valence-electron chi connectivity index (χ2n) is 5.83. The summed E-state index contributed by atoms with van der Waals surface area (Å²) in [5, 5.41) is 7.79. The molecular weight excluding hydrogens is 292 g/mol. The number of benzene rings is 1. The van der Waals surface area contributed by atoms with Crippen LogP contribution in [-0.4, -0.2) is 53.9 Å². The second kappa shape index (κ2) is 6.42. The van der Waals surface area contributed by atoms with E-state index in [-0.39, 0.29) is 11.9 Å². The monoisotopic (exact) mass is 314 g/mol. The van der Waals surface area contributed by atoms with Gasteiger partial charge < -0.3 is 15.0 Å². The molecule has 1 aromatic heterocycles. The lowest BCUT2D eigenvalue weighted by Crippen LogP contribution is -2.38. The van der Waals surface area contributed by atoms with Gasteiger partial charge in [-0.2, -0.15) is 5.10 Å². The van der Waals surface area contributed by atoms with E-state index >= 15 is 0 Å². The van der Waals surface area contributed by atoms with Crippen molar-refractivity contribution in [3.63, 3.8) is 0 Å². The van der Waals surface area contributed by atoms with E-state index in [0.29, 0.717) is 17.0 Å². The highest BCUT2D eigenvalue weighted by Crippen LogP contribution is 2.31. The van der Waals surface area contributed by atoms with Crippen LogP contribution in [0.2, 0.25) is 0 Å². The zero-order valence-corrected chi connectivity index (χ0v) is 13.7. The molecule has 2 heterocycles. The largest absolute Gasteiger partial charge is 0.496 e. The van der Waals surface area contributed by atoms with E-state index in [1.807, 2.05) is 43.3 Å². The first-order valence-corrected chi connectivity index (χ1v) is 7.76. The molecule has 0 radical (unpaired) electrons. The number of likely N-dealkylation sites (N-methyl/N-ethyl adjacent to an activating group) is 1. The van der Waals surface area contributed by atoms with E-state index in [2.05, 4.69) is 10.4 Å². The van der Waals surface area contributed by atoms with Crippen molar-refractivity contribution in [2.45, 2.75) is 12.5 Å². The zero-order chi connectivity index (χ0) is 16.4. The third-order valence-corrected chi connectivity index (χ3v) is 4.32. The first-order valence-electron chi connectivity index (χ1n) is 7.76. The number of nitrogens with one attached hydrogen (secondary N) is 1. The summed E-state index contributed by atoms with van der Waals surface area (Å²) in [5.41, 5.74) is 2.09. The first-order chi connectivity index (χ1) is 11.1. The minimum Gasteiger partial charge on any atom is -0.496 e. The lowest BCUT2D eigenvalue weighted by atomic mass is 10.1. The van der Waals surface area contributed by atoms with Gasteiger partial charge in [0.2, 0.25) is 0 Å². The molecule has 1 atom stereocenters. The van der Waals surface area contributed by atoms with Crippen molar-refractivity contribution in [2.24, 2.45) is 7.05 Å². The van der Waals surface area contributed by atoms with Crippen molar-refractivity contribution in [3.05, 3.63) is 36.0 Å². The Morgan fingerprint density at radius 2 is 2.22 bits per heavy atom. The molecule has 6 heteroatoms. The number of hydrogen-bond acceptors (Lipinski definition) is 4.